The van der Waals surface area contributed by atoms with Crippen LogP contribution in [0.3, 0.4) is 0 Å². The Balaban J connectivity index is 1.57. The van der Waals surface area contributed by atoms with Gasteiger partial charge in [-0.05, 0) is 6.07 Å². The van der Waals surface area contributed by atoms with Crippen molar-refractivity contribution in [1.82, 2.24) is 9.55 Å². The van der Waals surface area contributed by atoms with Gasteiger partial charge in [0.25, 0.3) is 0 Å². The van der Waals surface area contributed by atoms with Gasteiger partial charge in [0.2, 0.25) is 0 Å². The van der Waals surface area contributed by atoms with Gasteiger partial charge >= 0.3 is 5.69 Å². The van der Waals surface area contributed by atoms with Crippen LogP contribution < -0.4 is 11.4 Å². The highest BCUT2D eigenvalue weighted by atomic mass is 16.7. The average Bonchev–Trinajstić information content (AvgIpc) is 2.63. The summed E-state index contributed by atoms with van der Waals surface area (Å²) in [5.74, 6) is 0.136. The van der Waals surface area contributed by atoms with E-state index in [0.29, 0.717) is 6.61 Å². The number of nitrogen functional groups attached to an aromatic ring is 1. The zero-order valence-electron chi connectivity index (χ0n) is 13.4. The molecule has 2 aliphatic rings. The number of ether oxygens (including phenoxy) is 3. The van der Waals surface area contributed by atoms with E-state index in [1.807, 2.05) is 30.3 Å². The summed E-state index contributed by atoms with van der Waals surface area (Å²) in [6.07, 6.45) is -1.00. The van der Waals surface area contributed by atoms with Crippen molar-refractivity contribution >= 4 is 5.82 Å². The van der Waals surface area contributed by atoms with E-state index >= 15 is 0 Å². The second-order valence-electron chi connectivity index (χ2n) is 6.15. The van der Waals surface area contributed by atoms with Gasteiger partial charge in [0.1, 0.15) is 24.1 Å². The fourth-order valence-electron chi connectivity index (χ4n) is 3.24. The molecular formula is C17H19N3O5. The third-order valence-corrected chi connectivity index (χ3v) is 4.55. The Labute approximate surface area is 143 Å². The highest BCUT2D eigenvalue weighted by molar-refractivity contribution is 5.24. The number of nitrogens with zero attached hydrogens (tertiary/aromatic N) is 2. The SMILES string of the molecule is Nc1ccn([C@@H]2CO[C@@H]3CO[C@@H](c4ccccc4)O[C@H]3[C@H]2O)c(=O)n1. The van der Waals surface area contributed by atoms with Gasteiger partial charge in [0.15, 0.2) is 6.29 Å². The second-order valence-corrected chi connectivity index (χ2v) is 6.15. The predicted molar refractivity (Wildman–Crippen MR) is 87.7 cm³/mol. The summed E-state index contributed by atoms with van der Waals surface area (Å²) in [5, 5.41) is 10.8. The van der Waals surface area contributed by atoms with Gasteiger partial charge in [-0.15, -0.1) is 0 Å². The summed E-state index contributed by atoms with van der Waals surface area (Å²) in [4.78, 5) is 15.8. The van der Waals surface area contributed by atoms with Gasteiger partial charge in [0, 0.05) is 11.8 Å². The van der Waals surface area contributed by atoms with E-state index in [2.05, 4.69) is 4.98 Å². The van der Waals surface area contributed by atoms with Gasteiger partial charge in [-0.3, -0.25) is 4.57 Å². The van der Waals surface area contributed by atoms with E-state index in [1.54, 1.807) is 0 Å². The number of nitrogens with two attached hydrogens (primary N) is 1. The first kappa shape index (κ1) is 16.2. The molecule has 2 aliphatic heterocycles. The van der Waals surface area contributed by atoms with Crippen LogP contribution in [-0.2, 0) is 14.2 Å². The first-order valence-corrected chi connectivity index (χ1v) is 8.10. The summed E-state index contributed by atoms with van der Waals surface area (Å²) in [6.45, 7) is 0.472. The standard InChI is InChI=1S/C17H19N3O5/c18-13-6-7-20(17(22)19-13)11-8-23-12-9-24-16(25-15(12)14(11)21)10-4-2-1-3-5-10/h1-7,11-12,14-16,21H,8-9H2,(H2,18,19,22)/t11-,12-,14+,15-,16-/m1/s1. The molecule has 0 radical (unpaired) electrons. The van der Waals surface area contributed by atoms with Gasteiger partial charge in [-0.25, -0.2) is 4.79 Å². The van der Waals surface area contributed by atoms with Gasteiger partial charge < -0.3 is 25.1 Å². The minimum atomic E-state index is -0.933. The van der Waals surface area contributed by atoms with E-state index in [0.717, 1.165) is 5.56 Å². The number of aliphatic hydroxyl groups excluding tert-OH is 1. The molecule has 0 saturated carbocycles. The molecule has 0 amide bonds. The maximum Gasteiger partial charge on any atom is 0.349 e. The molecule has 3 N–H and O–H groups in total. The monoisotopic (exact) mass is 345 g/mol. The Hall–Kier alpha value is -2.26. The third kappa shape index (κ3) is 3.05. The molecular weight excluding hydrogens is 326 g/mol. The minimum absolute atomic E-state index is 0.136. The lowest BCUT2D eigenvalue weighted by atomic mass is 9.97. The van der Waals surface area contributed by atoms with Crippen molar-refractivity contribution in [2.45, 2.75) is 30.6 Å². The highest BCUT2D eigenvalue weighted by Gasteiger charge is 2.45. The first-order chi connectivity index (χ1) is 12.1. The topological polar surface area (TPSA) is 109 Å². The zero-order chi connectivity index (χ0) is 17.4. The van der Waals surface area contributed by atoms with E-state index in [4.69, 9.17) is 19.9 Å². The van der Waals surface area contributed by atoms with Gasteiger partial charge in [-0.2, -0.15) is 4.98 Å². The number of aromatic nitrogens is 2. The molecule has 4 rings (SSSR count). The fourth-order valence-corrected chi connectivity index (χ4v) is 3.24. The Bertz CT molecular complexity index is 796. The van der Waals surface area contributed by atoms with Crippen molar-refractivity contribution in [3.63, 3.8) is 0 Å². The second kappa shape index (κ2) is 6.57. The average molecular weight is 345 g/mol. The lowest BCUT2D eigenvalue weighted by molar-refractivity contribution is -0.306. The van der Waals surface area contributed by atoms with E-state index in [1.165, 1.54) is 16.8 Å². The Morgan fingerprint density at radius 3 is 2.72 bits per heavy atom. The highest BCUT2D eigenvalue weighted by Crippen LogP contribution is 2.34. The molecule has 0 spiro atoms. The number of hydrogen-bond donors (Lipinski definition) is 2. The van der Waals surface area contributed by atoms with Crippen LogP contribution in [-0.4, -0.2) is 46.2 Å². The molecule has 25 heavy (non-hydrogen) atoms. The normalized spacial score (nSPS) is 32.1. The maximum absolute atomic E-state index is 12.1. The number of anilines is 1. The number of rotatable bonds is 2. The van der Waals surface area contributed by atoms with Gasteiger partial charge in [-0.1, -0.05) is 30.3 Å². The fraction of sp³-hybridized carbons (Fsp3) is 0.412. The van der Waals surface area contributed by atoms with Crippen LogP contribution >= 0.6 is 0 Å². The molecule has 2 aromatic rings. The largest absolute Gasteiger partial charge is 0.388 e. The molecule has 1 aromatic heterocycles. The zero-order valence-corrected chi connectivity index (χ0v) is 13.4. The third-order valence-electron chi connectivity index (χ3n) is 4.55. The Morgan fingerprint density at radius 1 is 1.16 bits per heavy atom. The van der Waals surface area contributed by atoms with Crippen LogP contribution in [0, 0.1) is 0 Å². The summed E-state index contributed by atoms with van der Waals surface area (Å²) in [6, 6.07) is 10.4. The molecule has 8 heteroatoms. The Morgan fingerprint density at radius 2 is 1.96 bits per heavy atom. The molecule has 1 aromatic carbocycles. The van der Waals surface area contributed by atoms with Crippen LogP contribution in [0.2, 0.25) is 0 Å². The van der Waals surface area contributed by atoms with Crippen LogP contribution in [0.15, 0.2) is 47.4 Å². The molecule has 0 unspecified atom stereocenters. The Kier molecular flexibility index (Phi) is 4.26. The summed E-state index contributed by atoms with van der Waals surface area (Å²) in [5.41, 5.74) is 5.85. The predicted octanol–water partition coefficient (Wildman–Crippen LogP) is 0.240. The number of aliphatic hydroxyl groups is 1. The molecule has 2 fully saturated rings. The number of fused-ring (bicyclic) bond motifs is 1. The molecule has 2 saturated heterocycles. The van der Waals surface area contributed by atoms with E-state index in [9.17, 15) is 9.90 Å². The molecule has 0 bridgehead atoms. The molecule has 8 nitrogen and oxygen atoms in total. The molecule has 0 aliphatic carbocycles. The number of benzene rings is 1. The van der Waals surface area contributed by atoms with E-state index < -0.39 is 30.2 Å². The van der Waals surface area contributed by atoms with E-state index in [-0.39, 0.29) is 18.5 Å². The molecule has 132 valence electrons. The molecule has 5 atom stereocenters. The minimum Gasteiger partial charge on any atom is -0.388 e. The maximum atomic E-state index is 12.1. The smallest absolute Gasteiger partial charge is 0.349 e. The van der Waals surface area contributed by atoms with Crippen molar-refractivity contribution in [3.05, 3.63) is 58.6 Å². The summed E-state index contributed by atoms with van der Waals surface area (Å²) < 4.78 is 18.7. The quantitative estimate of drug-likeness (QED) is 0.802. The van der Waals surface area contributed by atoms with Crippen molar-refractivity contribution in [1.29, 1.82) is 0 Å². The lowest BCUT2D eigenvalue weighted by Gasteiger charge is -2.44. The van der Waals surface area contributed by atoms with Crippen LogP contribution in [0.1, 0.15) is 17.9 Å². The number of hydrogen-bond acceptors (Lipinski definition) is 7. The molecule has 3 heterocycles. The summed E-state index contributed by atoms with van der Waals surface area (Å²) in [7, 11) is 0. The van der Waals surface area contributed by atoms with Crippen LogP contribution in [0.4, 0.5) is 5.82 Å². The van der Waals surface area contributed by atoms with Crippen molar-refractivity contribution < 1.29 is 19.3 Å². The van der Waals surface area contributed by atoms with Gasteiger partial charge in [0.05, 0.1) is 19.3 Å². The lowest BCUT2D eigenvalue weighted by Crippen LogP contribution is -2.57. The summed E-state index contributed by atoms with van der Waals surface area (Å²) >= 11 is 0. The van der Waals surface area contributed by atoms with Crippen molar-refractivity contribution in [2.75, 3.05) is 18.9 Å². The first-order valence-electron chi connectivity index (χ1n) is 8.10. The van der Waals surface area contributed by atoms with Crippen molar-refractivity contribution in [3.8, 4) is 0 Å². The van der Waals surface area contributed by atoms with Crippen LogP contribution in [0.5, 0.6) is 0 Å². The van der Waals surface area contributed by atoms with Crippen molar-refractivity contribution in [2.24, 2.45) is 0 Å². The van der Waals surface area contributed by atoms with Crippen LogP contribution in [0.25, 0.3) is 0 Å².